The van der Waals surface area contributed by atoms with Gasteiger partial charge in [-0.3, -0.25) is 4.99 Å². The van der Waals surface area contributed by atoms with Crippen LogP contribution in [0.2, 0.25) is 0 Å². The number of hydrogen-bond donors (Lipinski definition) is 2. The maximum Gasteiger partial charge on any atom is 0.191 e. The van der Waals surface area contributed by atoms with Crippen LogP contribution in [0, 0.1) is 5.92 Å². The van der Waals surface area contributed by atoms with Crippen LogP contribution in [-0.4, -0.2) is 78.6 Å². The van der Waals surface area contributed by atoms with E-state index in [0.29, 0.717) is 5.92 Å². The third-order valence-corrected chi connectivity index (χ3v) is 4.94. The molecule has 0 spiro atoms. The first-order chi connectivity index (χ1) is 13.7. The quantitative estimate of drug-likeness (QED) is 0.341. The standard InChI is InChI=1S/C21H36N4O3/c1-22-21(23-11-7-12-27-15-17-10-13-28-16-17)24-14-19(25(2)3)18-8-5-6-9-20(18)26-4/h5-6,8-9,17,19H,7,10-16H2,1-4H3,(H2,22,23,24). The van der Waals surface area contributed by atoms with Crippen LogP contribution in [0.3, 0.4) is 0 Å². The molecule has 0 amide bonds. The lowest BCUT2D eigenvalue weighted by Crippen LogP contribution is -2.42. The molecule has 2 rings (SSSR count). The van der Waals surface area contributed by atoms with Gasteiger partial charge in [0.25, 0.3) is 0 Å². The van der Waals surface area contributed by atoms with E-state index in [1.165, 1.54) is 0 Å². The summed E-state index contributed by atoms with van der Waals surface area (Å²) in [6.45, 7) is 4.82. The van der Waals surface area contributed by atoms with Gasteiger partial charge in [-0.15, -0.1) is 0 Å². The van der Waals surface area contributed by atoms with E-state index in [-0.39, 0.29) is 6.04 Å². The minimum atomic E-state index is 0.173. The van der Waals surface area contributed by atoms with Crippen molar-refractivity contribution >= 4 is 5.96 Å². The monoisotopic (exact) mass is 392 g/mol. The number of methoxy groups -OCH3 is 1. The Morgan fingerprint density at radius 1 is 1.32 bits per heavy atom. The molecule has 0 radical (unpaired) electrons. The molecule has 1 aromatic carbocycles. The second-order valence-corrected chi connectivity index (χ2v) is 7.26. The van der Waals surface area contributed by atoms with Crippen molar-refractivity contribution in [2.75, 3.05) is 67.8 Å². The minimum absolute atomic E-state index is 0.173. The Morgan fingerprint density at radius 3 is 2.82 bits per heavy atom. The molecular formula is C21H36N4O3. The van der Waals surface area contributed by atoms with Crippen molar-refractivity contribution in [3.63, 3.8) is 0 Å². The van der Waals surface area contributed by atoms with Gasteiger partial charge in [-0.1, -0.05) is 18.2 Å². The number of ether oxygens (including phenoxy) is 3. The maximum absolute atomic E-state index is 5.75. The van der Waals surface area contributed by atoms with E-state index in [9.17, 15) is 0 Å². The Morgan fingerprint density at radius 2 is 2.14 bits per heavy atom. The molecule has 1 saturated heterocycles. The van der Waals surface area contributed by atoms with E-state index < -0.39 is 0 Å². The molecular weight excluding hydrogens is 356 g/mol. The van der Waals surface area contributed by atoms with Gasteiger partial charge in [0.1, 0.15) is 5.75 Å². The predicted molar refractivity (Wildman–Crippen MR) is 113 cm³/mol. The molecule has 0 saturated carbocycles. The van der Waals surface area contributed by atoms with Gasteiger partial charge >= 0.3 is 0 Å². The molecule has 0 bridgehead atoms. The molecule has 2 unspecified atom stereocenters. The lowest BCUT2D eigenvalue weighted by molar-refractivity contribution is 0.0888. The highest BCUT2D eigenvalue weighted by atomic mass is 16.5. The second kappa shape index (κ2) is 12.6. The molecule has 1 fully saturated rings. The van der Waals surface area contributed by atoms with Gasteiger partial charge in [0, 0.05) is 44.8 Å². The van der Waals surface area contributed by atoms with Crippen LogP contribution in [0.1, 0.15) is 24.4 Å². The highest BCUT2D eigenvalue weighted by Gasteiger charge is 2.18. The third-order valence-electron chi connectivity index (χ3n) is 4.94. The van der Waals surface area contributed by atoms with E-state index in [1.807, 2.05) is 18.2 Å². The van der Waals surface area contributed by atoms with Crippen LogP contribution in [0.25, 0.3) is 0 Å². The van der Waals surface area contributed by atoms with Crippen LogP contribution < -0.4 is 15.4 Å². The summed E-state index contributed by atoms with van der Waals surface area (Å²) in [7, 11) is 7.64. The highest BCUT2D eigenvalue weighted by Crippen LogP contribution is 2.27. The third kappa shape index (κ3) is 7.30. The van der Waals surface area contributed by atoms with E-state index >= 15 is 0 Å². The topological polar surface area (TPSA) is 67.4 Å². The van der Waals surface area contributed by atoms with Crippen LogP contribution >= 0.6 is 0 Å². The summed E-state index contributed by atoms with van der Waals surface area (Å²) in [5, 5.41) is 6.78. The average Bonchev–Trinajstić information content (AvgIpc) is 3.22. The fourth-order valence-corrected chi connectivity index (χ4v) is 3.27. The van der Waals surface area contributed by atoms with Crippen molar-refractivity contribution in [1.82, 2.24) is 15.5 Å². The van der Waals surface area contributed by atoms with Gasteiger partial charge in [0.05, 0.1) is 26.4 Å². The molecule has 1 heterocycles. The van der Waals surface area contributed by atoms with Gasteiger partial charge < -0.3 is 29.7 Å². The highest BCUT2D eigenvalue weighted by molar-refractivity contribution is 5.79. The van der Waals surface area contributed by atoms with Crippen molar-refractivity contribution in [2.45, 2.75) is 18.9 Å². The average molecular weight is 393 g/mol. The Labute approximate surface area is 169 Å². The molecule has 7 nitrogen and oxygen atoms in total. The lowest BCUT2D eigenvalue weighted by atomic mass is 10.0. The zero-order chi connectivity index (χ0) is 20.2. The van der Waals surface area contributed by atoms with Crippen LogP contribution in [0.4, 0.5) is 0 Å². The Balaban J connectivity index is 1.71. The van der Waals surface area contributed by atoms with Crippen LogP contribution in [0.5, 0.6) is 5.75 Å². The van der Waals surface area contributed by atoms with Gasteiger partial charge in [0.2, 0.25) is 0 Å². The number of nitrogens with one attached hydrogen (secondary N) is 2. The minimum Gasteiger partial charge on any atom is -0.496 e. The molecule has 0 aliphatic carbocycles. The molecule has 158 valence electrons. The fraction of sp³-hybridized carbons (Fsp3) is 0.667. The summed E-state index contributed by atoms with van der Waals surface area (Å²) < 4.78 is 16.6. The van der Waals surface area contributed by atoms with Crippen molar-refractivity contribution in [2.24, 2.45) is 10.9 Å². The van der Waals surface area contributed by atoms with Crippen LogP contribution in [-0.2, 0) is 9.47 Å². The van der Waals surface area contributed by atoms with Gasteiger partial charge in [-0.2, -0.15) is 0 Å². The number of nitrogens with zero attached hydrogens (tertiary/aromatic N) is 2. The molecule has 1 aromatic rings. The Bertz CT molecular complexity index is 589. The smallest absolute Gasteiger partial charge is 0.191 e. The molecule has 28 heavy (non-hydrogen) atoms. The van der Waals surface area contributed by atoms with Crippen LogP contribution in [0.15, 0.2) is 29.3 Å². The normalized spacial score (nSPS) is 18.3. The summed E-state index contributed by atoms with van der Waals surface area (Å²) in [6.07, 6.45) is 2.06. The van der Waals surface area contributed by atoms with Crippen molar-refractivity contribution in [1.29, 1.82) is 0 Å². The summed E-state index contributed by atoms with van der Waals surface area (Å²) in [5.41, 5.74) is 1.15. The maximum atomic E-state index is 5.75. The summed E-state index contributed by atoms with van der Waals surface area (Å²) >= 11 is 0. The number of rotatable bonds is 11. The van der Waals surface area contributed by atoms with E-state index in [1.54, 1.807) is 14.2 Å². The number of benzene rings is 1. The number of guanidine groups is 1. The van der Waals surface area contributed by atoms with E-state index in [0.717, 1.165) is 69.6 Å². The first kappa shape index (κ1) is 22.5. The molecule has 1 aliphatic heterocycles. The molecule has 2 N–H and O–H groups in total. The largest absolute Gasteiger partial charge is 0.496 e. The number of aliphatic imine (C=N–C) groups is 1. The molecule has 0 aromatic heterocycles. The second-order valence-electron chi connectivity index (χ2n) is 7.26. The van der Waals surface area contributed by atoms with Crippen molar-refractivity contribution < 1.29 is 14.2 Å². The summed E-state index contributed by atoms with van der Waals surface area (Å²) in [5.74, 6) is 2.27. The fourth-order valence-electron chi connectivity index (χ4n) is 3.27. The van der Waals surface area contributed by atoms with Gasteiger partial charge in [0.15, 0.2) is 5.96 Å². The number of para-hydroxylation sites is 1. The molecule has 2 atom stereocenters. The molecule has 1 aliphatic rings. The first-order valence-corrected chi connectivity index (χ1v) is 10.0. The van der Waals surface area contributed by atoms with Crippen molar-refractivity contribution in [3.05, 3.63) is 29.8 Å². The molecule has 7 heteroatoms. The zero-order valence-corrected chi connectivity index (χ0v) is 17.7. The van der Waals surface area contributed by atoms with E-state index in [4.69, 9.17) is 14.2 Å². The zero-order valence-electron chi connectivity index (χ0n) is 17.7. The SMILES string of the molecule is CN=C(NCCCOCC1CCOC1)NCC(c1ccccc1OC)N(C)C. The van der Waals surface area contributed by atoms with Gasteiger partial charge in [-0.05, 0) is 33.0 Å². The Hall–Kier alpha value is -1.83. The lowest BCUT2D eigenvalue weighted by Gasteiger charge is -2.27. The predicted octanol–water partition coefficient (Wildman–Crippen LogP) is 1.91. The van der Waals surface area contributed by atoms with Gasteiger partial charge in [-0.25, -0.2) is 0 Å². The summed E-state index contributed by atoms with van der Waals surface area (Å²) in [4.78, 5) is 6.50. The Kier molecular flexibility index (Phi) is 10.1. The number of hydrogen-bond acceptors (Lipinski definition) is 5. The number of likely N-dealkylation sites (N-methyl/N-ethyl adjacent to an activating group) is 1. The van der Waals surface area contributed by atoms with E-state index in [2.05, 4.69) is 40.7 Å². The summed E-state index contributed by atoms with van der Waals surface area (Å²) in [6, 6.07) is 8.31. The van der Waals surface area contributed by atoms with Crippen molar-refractivity contribution in [3.8, 4) is 5.75 Å². The first-order valence-electron chi connectivity index (χ1n) is 10.0.